The van der Waals surface area contributed by atoms with E-state index in [2.05, 4.69) is 31.4 Å². The van der Waals surface area contributed by atoms with E-state index in [0.29, 0.717) is 0 Å². The van der Waals surface area contributed by atoms with Gasteiger partial charge in [-0.05, 0) is 13.8 Å². The van der Waals surface area contributed by atoms with Crippen molar-refractivity contribution in [1.29, 1.82) is 0 Å². The standard InChI is InChI=1S/C11H16N4S4/c1-8-3-18-10(14-8)12-5-16-7-17-6-13-11-15-9(2)4-19-11/h3-4H,5-7H2,1-2H3,(H,12,14)(H,13,15). The van der Waals surface area contributed by atoms with Crippen molar-refractivity contribution in [3.8, 4) is 0 Å². The molecule has 0 aromatic carbocycles. The van der Waals surface area contributed by atoms with Crippen LogP contribution < -0.4 is 10.6 Å². The van der Waals surface area contributed by atoms with E-state index in [4.69, 9.17) is 0 Å². The smallest absolute Gasteiger partial charge is 0.183 e. The Morgan fingerprint density at radius 2 is 1.42 bits per heavy atom. The summed E-state index contributed by atoms with van der Waals surface area (Å²) in [6, 6.07) is 0. The van der Waals surface area contributed by atoms with Crippen LogP contribution >= 0.6 is 46.2 Å². The SMILES string of the molecule is Cc1csc(NCSCSCNc2nc(C)cs2)n1. The number of aryl methyl sites for hydroxylation is 2. The summed E-state index contributed by atoms with van der Waals surface area (Å²) in [6.07, 6.45) is 0. The Morgan fingerprint density at radius 1 is 0.947 bits per heavy atom. The molecule has 0 amide bonds. The van der Waals surface area contributed by atoms with Crippen LogP contribution in [0.2, 0.25) is 0 Å². The summed E-state index contributed by atoms with van der Waals surface area (Å²) in [7, 11) is 0. The molecule has 2 N–H and O–H groups in total. The van der Waals surface area contributed by atoms with Crippen molar-refractivity contribution < 1.29 is 0 Å². The van der Waals surface area contributed by atoms with Crippen molar-refractivity contribution in [3.63, 3.8) is 0 Å². The third-order valence-corrected chi connectivity index (χ3v) is 5.92. The number of aromatic nitrogens is 2. The van der Waals surface area contributed by atoms with E-state index >= 15 is 0 Å². The van der Waals surface area contributed by atoms with E-state index in [0.717, 1.165) is 38.5 Å². The number of thiazole rings is 2. The molecule has 0 radical (unpaired) electrons. The van der Waals surface area contributed by atoms with Crippen LogP contribution in [0, 0.1) is 13.8 Å². The summed E-state index contributed by atoms with van der Waals surface area (Å²) in [5.74, 6) is 1.80. The summed E-state index contributed by atoms with van der Waals surface area (Å²) in [4.78, 5) is 8.71. The van der Waals surface area contributed by atoms with Crippen molar-refractivity contribution in [2.45, 2.75) is 13.8 Å². The average molecular weight is 333 g/mol. The Labute approximate surface area is 129 Å². The molecule has 0 aliphatic heterocycles. The quantitative estimate of drug-likeness (QED) is 0.561. The first-order valence-corrected chi connectivity index (χ1v) is 9.78. The van der Waals surface area contributed by atoms with Crippen molar-refractivity contribution >= 4 is 56.5 Å². The molecule has 0 aliphatic carbocycles. The number of nitrogens with one attached hydrogen (secondary N) is 2. The first-order chi connectivity index (χ1) is 9.24. The van der Waals surface area contributed by atoms with Gasteiger partial charge in [0.2, 0.25) is 0 Å². The third kappa shape index (κ3) is 5.60. The highest BCUT2D eigenvalue weighted by molar-refractivity contribution is 8.16. The molecular weight excluding hydrogens is 316 g/mol. The summed E-state index contributed by atoms with van der Waals surface area (Å²) in [5, 5.41) is 13.8. The van der Waals surface area contributed by atoms with Crippen molar-refractivity contribution in [2.24, 2.45) is 0 Å². The molecule has 2 aromatic rings. The Balaban J connectivity index is 1.48. The fourth-order valence-electron chi connectivity index (χ4n) is 1.24. The largest absolute Gasteiger partial charge is 0.352 e. The zero-order valence-corrected chi connectivity index (χ0v) is 14.1. The van der Waals surface area contributed by atoms with Gasteiger partial charge in [0.1, 0.15) is 0 Å². The fraction of sp³-hybridized carbons (Fsp3) is 0.455. The van der Waals surface area contributed by atoms with Gasteiger partial charge >= 0.3 is 0 Å². The summed E-state index contributed by atoms with van der Waals surface area (Å²) in [5.41, 5.74) is 2.16. The molecule has 2 aromatic heterocycles. The van der Waals surface area contributed by atoms with Gasteiger partial charge in [-0.2, -0.15) is 0 Å². The van der Waals surface area contributed by atoms with Crippen LogP contribution in [0.1, 0.15) is 11.4 Å². The molecule has 0 bridgehead atoms. The number of hydrogen-bond donors (Lipinski definition) is 2. The molecule has 0 fully saturated rings. The van der Waals surface area contributed by atoms with Gasteiger partial charge in [0, 0.05) is 15.8 Å². The monoisotopic (exact) mass is 332 g/mol. The molecule has 0 saturated heterocycles. The maximum absolute atomic E-state index is 4.35. The Bertz CT molecular complexity index is 452. The normalized spacial score (nSPS) is 10.6. The van der Waals surface area contributed by atoms with E-state index < -0.39 is 0 Å². The number of rotatable bonds is 8. The van der Waals surface area contributed by atoms with E-state index in [1.807, 2.05) is 37.4 Å². The first kappa shape index (κ1) is 15.0. The van der Waals surface area contributed by atoms with Gasteiger partial charge in [0.15, 0.2) is 10.3 Å². The maximum atomic E-state index is 4.35. The minimum atomic E-state index is 0.899. The van der Waals surface area contributed by atoms with Crippen LogP contribution in [0.15, 0.2) is 10.8 Å². The molecule has 0 saturated carbocycles. The Kier molecular flexibility index (Phi) is 6.29. The lowest BCUT2D eigenvalue weighted by molar-refractivity contribution is 1.24. The zero-order valence-electron chi connectivity index (χ0n) is 10.8. The number of anilines is 2. The Morgan fingerprint density at radius 3 is 1.79 bits per heavy atom. The summed E-state index contributed by atoms with van der Waals surface area (Å²) >= 11 is 7.03. The highest BCUT2D eigenvalue weighted by Crippen LogP contribution is 2.19. The second kappa shape index (κ2) is 7.98. The molecular formula is C11H16N4S4. The highest BCUT2D eigenvalue weighted by atomic mass is 32.2. The lowest BCUT2D eigenvalue weighted by Crippen LogP contribution is -1.99. The minimum Gasteiger partial charge on any atom is -0.352 e. The van der Waals surface area contributed by atoms with E-state index in [1.165, 1.54) is 0 Å². The molecule has 0 atom stereocenters. The van der Waals surface area contributed by atoms with Crippen molar-refractivity contribution in [1.82, 2.24) is 9.97 Å². The summed E-state index contributed by atoms with van der Waals surface area (Å²) in [6.45, 7) is 4.02. The number of thioether (sulfide) groups is 2. The minimum absolute atomic E-state index is 0.899. The lowest BCUT2D eigenvalue weighted by atomic mass is 10.6. The van der Waals surface area contributed by atoms with E-state index in [9.17, 15) is 0 Å². The third-order valence-electron chi connectivity index (χ3n) is 2.06. The predicted octanol–water partition coefficient (Wildman–Crippen LogP) is 4.08. The Hall–Kier alpha value is -0.440. The molecule has 19 heavy (non-hydrogen) atoms. The topological polar surface area (TPSA) is 49.8 Å². The van der Waals surface area contributed by atoms with Gasteiger partial charge in [0.05, 0.1) is 23.1 Å². The van der Waals surface area contributed by atoms with Gasteiger partial charge in [-0.15, -0.1) is 46.2 Å². The molecule has 2 rings (SSSR count). The van der Waals surface area contributed by atoms with Crippen LogP contribution in [0.5, 0.6) is 0 Å². The highest BCUT2D eigenvalue weighted by Gasteiger charge is 1.98. The molecule has 8 heteroatoms. The van der Waals surface area contributed by atoms with Crippen molar-refractivity contribution in [3.05, 3.63) is 22.1 Å². The molecule has 2 heterocycles. The van der Waals surface area contributed by atoms with E-state index in [-0.39, 0.29) is 0 Å². The molecule has 0 aliphatic rings. The molecule has 0 spiro atoms. The van der Waals surface area contributed by atoms with Crippen LogP contribution in [0.3, 0.4) is 0 Å². The fourth-order valence-corrected chi connectivity index (χ4v) is 4.41. The average Bonchev–Trinajstić information content (AvgIpc) is 2.97. The van der Waals surface area contributed by atoms with E-state index in [1.54, 1.807) is 22.7 Å². The zero-order chi connectivity index (χ0) is 13.5. The maximum Gasteiger partial charge on any atom is 0.183 e. The van der Waals surface area contributed by atoms with Crippen LogP contribution in [-0.4, -0.2) is 26.8 Å². The van der Waals surface area contributed by atoms with Crippen LogP contribution in [-0.2, 0) is 0 Å². The van der Waals surface area contributed by atoms with Gasteiger partial charge < -0.3 is 10.6 Å². The molecule has 104 valence electrons. The van der Waals surface area contributed by atoms with Gasteiger partial charge in [-0.1, -0.05) is 0 Å². The van der Waals surface area contributed by atoms with Crippen LogP contribution in [0.25, 0.3) is 0 Å². The lowest BCUT2D eigenvalue weighted by Gasteiger charge is -2.03. The van der Waals surface area contributed by atoms with Gasteiger partial charge in [-0.25, -0.2) is 9.97 Å². The second-order valence-electron chi connectivity index (χ2n) is 3.76. The van der Waals surface area contributed by atoms with Crippen LogP contribution in [0.4, 0.5) is 10.3 Å². The van der Waals surface area contributed by atoms with Gasteiger partial charge in [-0.3, -0.25) is 0 Å². The number of nitrogens with zero attached hydrogens (tertiary/aromatic N) is 2. The van der Waals surface area contributed by atoms with Gasteiger partial charge in [0.25, 0.3) is 0 Å². The first-order valence-electron chi connectivity index (χ1n) is 5.71. The van der Waals surface area contributed by atoms with Crippen molar-refractivity contribution in [2.75, 3.05) is 27.5 Å². The molecule has 0 unspecified atom stereocenters. The number of hydrogen-bond acceptors (Lipinski definition) is 8. The molecule has 4 nitrogen and oxygen atoms in total. The predicted molar refractivity (Wildman–Crippen MR) is 90.7 cm³/mol. The summed E-state index contributed by atoms with van der Waals surface area (Å²) < 4.78 is 0. The second-order valence-corrected chi connectivity index (χ2v) is 7.81.